The molecule has 1 aliphatic heterocycles. The number of ether oxygens (including phenoxy) is 1. The van der Waals surface area contributed by atoms with Crippen LogP contribution in [0.5, 0.6) is 5.75 Å². The summed E-state index contributed by atoms with van der Waals surface area (Å²) in [6.45, 7) is 4.57. The molecular formula is C51H38N2O. The summed E-state index contributed by atoms with van der Waals surface area (Å²) in [7, 11) is 0. The Kier molecular flexibility index (Phi) is 7.26. The number of rotatable bonds is 5. The molecule has 0 N–H and O–H groups in total. The van der Waals surface area contributed by atoms with Crippen LogP contribution in [-0.2, 0) is 11.0 Å². The second-order valence-corrected chi connectivity index (χ2v) is 15.1. The molecule has 258 valence electrons. The predicted molar refractivity (Wildman–Crippen MR) is 223 cm³/mol. The highest BCUT2D eigenvalue weighted by Crippen LogP contribution is 2.58. The van der Waals surface area contributed by atoms with Gasteiger partial charge in [0.15, 0.2) is 5.60 Å². The van der Waals surface area contributed by atoms with E-state index >= 15 is 0 Å². The number of nitrogens with zero attached hydrogens (tertiary/aromatic N) is 2. The number of anilines is 3. The summed E-state index contributed by atoms with van der Waals surface area (Å²) in [6.07, 6.45) is 13.1. The molecule has 0 spiro atoms. The van der Waals surface area contributed by atoms with Crippen molar-refractivity contribution in [1.29, 1.82) is 5.26 Å². The smallest absolute Gasteiger partial charge is 0.174 e. The van der Waals surface area contributed by atoms with Crippen molar-refractivity contribution in [3.8, 4) is 22.9 Å². The minimum Gasteiger partial charge on any atom is -0.473 e. The Morgan fingerprint density at radius 3 is 2.22 bits per heavy atom. The van der Waals surface area contributed by atoms with E-state index in [0.29, 0.717) is 5.56 Å². The van der Waals surface area contributed by atoms with Crippen LogP contribution in [0.25, 0.3) is 38.7 Å². The maximum Gasteiger partial charge on any atom is 0.174 e. The van der Waals surface area contributed by atoms with Gasteiger partial charge in [0, 0.05) is 38.7 Å². The van der Waals surface area contributed by atoms with E-state index < -0.39 is 5.60 Å². The first-order valence-corrected chi connectivity index (χ1v) is 18.8. The van der Waals surface area contributed by atoms with Gasteiger partial charge in [-0.2, -0.15) is 5.26 Å². The topological polar surface area (TPSA) is 36.3 Å². The van der Waals surface area contributed by atoms with Crippen LogP contribution in [0.2, 0.25) is 0 Å². The highest BCUT2D eigenvalue weighted by Gasteiger charge is 2.45. The van der Waals surface area contributed by atoms with Crippen molar-refractivity contribution in [2.45, 2.75) is 37.7 Å². The maximum absolute atomic E-state index is 9.82. The van der Waals surface area contributed by atoms with Crippen LogP contribution in [-0.4, -0.2) is 0 Å². The van der Waals surface area contributed by atoms with Crippen molar-refractivity contribution in [1.82, 2.24) is 0 Å². The normalized spacial score (nSPS) is 17.6. The summed E-state index contributed by atoms with van der Waals surface area (Å²) < 4.78 is 7.59. The minimum absolute atomic E-state index is 0.323. The van der Waals surface area contributed by atoms with Crippen molar-refractivity contribution >= 4 is 44.7 Å². The fourth-order valence-corrected chi connectivity index (χ4v) is 9.20. The van der Waals surface area contributed by atoms with Gasteiger partial charge in [-0.05, 0) is 100.0 Å². The molecule has 1 heterocycles. The Morgan fingerprint density at radius 2 is 1.44 bits per heavy atom. The SMILES string of the molecule is CC1(C)c2cc(C#N)ccc2-c2c1c1c(c3ccccc23)OC(C2=CC=CCC2)(c2ccc(N(c3ccccc3)c3cccc4ccccc34)cc2)C=C1. The summed E-state index contributed by atoms with van der Waals surface area (Å²) >= 11 is 0. The Bertz CT molecular complexity index is 2780. The molecular weight excluding hydrogens is 657 g/mol. The average molecular weight is 695 g/mol. The van der Waals surface area contributed by atoms with Crippen molar-refractivity contribution in [3.63, 3.8) is 0 Å². The van der Waals surface area contributed by atoms with Crippen LogP contribution >= 0.6 is 0 Å². The van der Waals surface area contributed by atoms with Crippen LogP contribution in [0.4, 0.5) is 17.1 Å². The molecule has 0 fully saturated rings. The molecule has 0 saturated heterocycles. The second-order valence-electron chi connectivity index (χ2n) is 15.1. The molecule has 10 rings (SSSR count). The largest absolute Gasteiger partial charge is 0.473 e. The zero-order valence-electron chi connectivity index (χ0n) is 30.4. The van der Waals surface area contributed by atoms with Gasteiger partial charge in [0.2, 0.25) is 0 Å². The number of fused-ring (bicyclic) bond motifs is 9. The molecule has 2 aliphatic carbocycles. The maximum atomic E-state index is 9.82. The van der Waals surface area contributed by atoms with Gasteiger partial charge in [-0.15, -0.1) is 0 Å². The summed E-state index contributed by atoms with van der Waals surface area (Å²) in [5.41, 5.74) is 11.2. The summed E-state index contributed by atoms with van der Waals surface area (Å²) in [5, 5.41) is 14.5. The van der Waals surface area contributed by atoms with Crippen LogP contribution in [0.1, 0.15) is 54.5 Å². The molecule has 1 unspecified atom stereocenters. The van der Waals surface area contributed by atoms with Crippen LogP contribution in [0, 0.1) is 11.3 Å². The lowest BCUT2D eigenvalue weighted by Crippen LogP contribution is -2.36. The number of nitriles is 1. The summed E-state index contributed by atoms with van der Waals surface area (Å²) in [4.78, 5) is 2.35. The van der Waals surface area contributed by atoms with E-state index in [0.717, 1.165) is 52.2 Å². The van der Waals surface area contributed by atoms with E-state index in [1.54, 1.807) is 0 Å². The van der Waals surface area contributed by atoms with E-state index in [4.69, 9.17) is 4.74 Å². The monoisotopic (exact) mass is 694 g/mol. The zero-order valence-corrected chi connectivity index (χ0v) is 30.4. The molecule has 1 atom stereocenters. The molecule has 7 aromatic rings. The Balaban J connectivity index is 1.15. The lowest BCUT2D eigenvalue weighted by Gasteiger charge is -2.40. The van der Waals surface area contributed by atoms with Crippen molar-refractivity contribution in [3.05, 3.63) is 197 Å². The summed E-state index contributed by atoms with van der Waals surface area (Å²) in [6, 6.07) is 51.9. The fraction of sp³-hybridized carbons (Fsp3) is 0.118. The third-order valence-electron chi connectivity index (χ3n) is 11.7. The highest BCUT2D eigenvalue weighted by atomic mass is 16.5. The quantitative estimate of drug-likeness (QED) is 0.180. The molecule has 0 radical (unpaired) electrons. The van der Waals surface area contributed by atoms with Crippen molar-refractivity contribution < 1.29 is 4.74 Å². The first-order chi connectivity index (χ1) is 26.5. The number of benzene rings is 7. The number of hydrogen-bond donors (Lipinski definition) is 0. The number of allylic oxidation sites excluding steroid dienone is 3. The third kappa shape index (κ3) is 4.73. The third-order valence-corrected chi connectivity index (χ3v) is 11.7. The first-order valence-electron chi connectivity index (χ1n) is 18.8. The van der Waals surface area contributed by atoms with Gasteiger partial charge in [0.1, 0.15) is 5.75 Å². The predicted octanol–water partition coefficient (Wildman–Crippen LogP) is 13.2. The molecule has 0 amide bonds. The van der Waals surface area contributed by atoms with E-state index in [1.807, 2.05) is 6.07 Å². The van der Waals surface area contributed by atoms with Crippen LogP contribution < -0.4 is 9.64 Å². The van der Waals surface area contributed by atoms with Gasteiger partial charge in [-0.3, -0.25) is 0 Å². The lowest BCUT2D eigenvalue weighted by molar-refractivity contribution is 0.154. The van der Waals surface area contributed by atoms with E-state index in [1.165, 1.54) is 44.0 Å². The highest BCUT2D eigenvalue weighted by molar-refractivity contribution is 6.08. The summed E-state index contributed by atoms with van der Waals surface area (Å²) in [5.74, 6) is 0.912. The van der Waals surface area contributed by atoms with Gasteiger partial charge in [-0.1, -0.05) is 135 Å². The molecule has 7 aromatic carbocycles. The molecule has 3 aliphatic rings. The Labute approximate surface area is 316 Å². The van der Waals surface area contributed by atoms with Crippen molar-refractivity contribution in [2.75, 3.05) is 4.90 Å². The zero-order chi connectivity index (χ0) is 36.4. The van der Waals surface area contributed by atoms with Crippen LogP contribution in [0.3, 0.4) is 0 Å². The Morgan fingerprint density at radius 1 is 0.722 bits per heavy atom. The lowest BCUT2D eigenvalue weighted by atomic mass is 9.75. The number of para-hydroxylation sites is 1. The molecule has 0 aromatic heterocycles. The first kappa shape index (κ1) is 32.1. The van der Waals surface area contributed by atoms with Crippen LogP contribution in [0.15, 0.2) is 169 Å². The fourth-order valence-electron chi connectivity index (χ4n) is 9.20. The average Bonchev–Trinajstić information content (AvgIpc) is 3.47. The van der Waals surface area contributed by atoms with Gasteiger partial charge in [0.25, 0.3) is 0 Å². The number of hydrogen-bond acceptors (Lipinski definition) is 3. The molecule has 0 bridgehead atoms. The van der Waals surface area contributed by atoms with Gasteiger partial charge in [0.05, 0.1) is 17.3 Å². The van der Waals surface area contributed by atoms with Gasteiger partial charge >= 0.3 is 0 Å². The molecule has 3 heteroatoms. The van der Waals surface area contributed by atoms with E-state index in [9.17, 15) is 5.26 Å². The standard InChI is InChI=1S/C51H38N2O/c1-50(2)45-32-34(33-52)24-29-43(45)47-41-21-11-12-22-42(41)49-44(48(47)50)30-31-51(54-49,36-16-5-3-6-17-36)37-25-27-39(28-26-37)53(38-18-7-4-8-19-38)46-23-13-15-35-14-9-10-20-40(35)46/h3-5,7-16,18-32H,6,17H2,1-2H3. The van der Waals surface area contributed by atoms with E-state index in [-0.39, 0.29) is 5.41 Å². The van der Waals surface area contributed by atoms with E-state index in [2.05, 4.69) is 189 Å². The Hall–Kier alpha value is -6.63. The van der Waals surface area contributed by atoms with Crippen molar-refractivity contribution in [2.24, 2.45) is 0 Å². The van der Waals surface area contributed by atoms with Gasteiger partial charge < -0.3 is 9.64 Å². The molecule has 54 heavy (non-hydrogen) atoms. The minimum atomic E-state index is -0.798. The molecule has 3 nitrogen and oxygen atoms in total. The molecule has 0 saturated carbocycles. The second kappa shape index (κ2) is 12.2. The van der Waals surface area contributed by atoms with Gasteiger partial charge in [-0.25, -0.2) is 0 Å².